The van der Waals surface area contributed by atoms with E-state index in [0.717, 1.165) is 71.7 Å². The Morgan fingerprint density at radius 2 is 0.616 bits per heavy atom. The lowest BCUT2D eigenvalue weighted by Crippen LogP contribution is -2.62. The van der Waals surface area contributed by atoms with Crippen molar-refractivity contribution in [3.05, 3.63) is 71.9 Å². The van der Waals surface area contributed by atoms with Crippen molar-refractivity contribution in [2.45, 2.75) is 221 Å². The van der Waals surface area contributed by atoms with Crippen molar-refractivity contribution in [1.29, 1.82) is 27.0 Å². The molecule has 0 spiro atoms. The van der Waals surface area contributed by atoms with Crippen LogP contribution in [-0.2, 0) is 99.1 Å². The average Bonchev–Trinajstić information content (AvgIpc) is 1.65. The third-order valence-corrected chi connectivity index (χ3v) is 30.0. The molecule has 1 aromatic heterocycles. The maximum atomic E-state index is 16.0. The standard InChI is InChI=1S/C87H136N34O19S6/c1-42(2)30-54-72(130)116-57-36-141-145-40-61(119-81(139)65(43(3)4)120-64(124)35-105-67(125)49(20-11-25-98-83(88)89)107-69(127)51(108-75(57)133)22-13-27-100-85(92)93)77(135)110-53(24-15-29-102-87(96)97)71(129)115-60-39-144-143-38-59(78(136)112-54)114-70(128)52(23-14-28-101-86(94)95)109-76(134)58-37-142-146-41-62(118-74(132)56(113-79(60)137)32-46-33-103-48-19-10-9-18-47(46)48)80(138)121-66(44(5)122)82(140)111-50(21-12-26-99-84(90)91)68(126)104-34-63(123)106-55(73(131)117-58)31-45-16-7-6-8-17-45/h6-10,16-19,33,42-44,49-62,65-66,103,122H,11-15,20-32,34-41H2,1-5H3,(H,104,126)(H,105,125)(H,106,123)(H,107,127)(H,108,133)(H,109,134)(H,110,135)(H,111,140)(H,112,136)(H,113,137)(H,114,128)(H,115,129)(H,116,130)(H,117,131)(H,118,132)(H,119,139)(H,120,124)(H,121,138)(H4,88,89,98)(H4,90,91,99)(H4,92,93,100)(H4,94,95,101)(H4,96,97,102)/t44-,49+,50+,51+,52+,53+,54+,55+,56+,57+,58+,59+,60+,61+,62+,65+,66+/m1/s1. The van der Waals surface area contributed by atoms with Crippen LogP contribution in [0.25, 0.3) is 10.9 Å². The monoisotopic (exact) mass is 2150 g/mol. The summed E-state index contributed by atoms with van der Waals surface area (Å²) in [5.41, 5.74) is 29.6. The molecule has 5 heterocycles. The van der Waals surface area contributed by atoms with Crippen molar-refractivity contribution in [2.75, 3.05) is 80.3 Å². The minimum Gasteiger partial charge on any atom is -0.391 e. The summed E-state index contributed by atoms with van der Waals surface area (Å²) in [5, 5.41) is 112. The van der Waals surface area contributed by atoms with Crippen LogP contribution >= 0.6 is 64.8 Å². The molecule has 4 fully saturated rings. The quantitative estimate of drug-likeness (QED) is 0.0139. The SMILES string of the molecule is CC(C)C[C@@H]1NC(=O)[C@@H]2CSSC[C@H](NC(=O)[C@H](CCCNC(=N)N)NC(=O)[C@@H]3CSSC[C@H](NC1=O)C(=O)N[C@@H](CCCNC(=N)N)C(=O)N[C@@H](CCCNC(=N)N)C(=O)NCC(=O)N[C@@H](C(C)C)C(=O)N3)C(=O)N[C@@H](Cc1c[nH]c3ccccc13)C(=O)N[C@H]1CSSC[C@H](NC(=O)[C@H](Cc3ccccc3)NC(=O)CNC(=O)[C@H](CCCNC(=N)N)NC(=O)[C@H]([C@@H](C)O)NC1=O)C(=O)N[C@@H](CCCNC(=N)N)C(=O)N2. The van der Waals surface area contributed by atoms with Crippen molar-refractivity contribution < 1.29 is 91.4 Å². The summed E-state index contributed by atoms with van der Waals surface area (Å²) < 4.78 is 0. The summed E-state index contributed by atoms with van der Waals surface area (Å²) in [4.78, 5) is 277. The van der Waals surface area contributed by atoms with Gasteiger partial charge in [-0.1, -0.05) is 141 Å². The van der Waals surface area contributed by atoms with Gasteiger partial charge in [-0.3, -0.25) is 113 Å². The van der Waals surface area contributed by atoms with Crippen LogP contribution in [0.3, 0.4) is 0 Å². The largest absolute Gasteiger partial charge is 0.391 e. The smallest absolute Gasteiger partial charge is 0.245 e. The molecule has 4 saturated heterocycles. The van der Waals surface area contributed by atoms with E-state index in [1.165, 1.54) is 6.20 Å². The van der Waals surface area contributed by atoms with Crippen LogP contribution < -0.4 is 151 Å². The lowest BCUT2D eigenvalue weighted by molar-refractivity contribution is -0.136. The Labute approximate surface area is 865 Å². The zero-order valence-electron chi connectivity index (χ0n) is 81.3. The van der Waals surface area contributed by atoms with E-state index in [2.05, 4.69) is 127 Å². The molecule has 53 nitrogen and oxygen atoms in total. The fourth-order valence-electron chi connectivity index (χ4n) is 15.0. The Morgan fingerprint density at radius 3 is 0.979 bits per heavy atom. The highest BCUT2D eigenvalue weighted by Crippen LogP contribution is 2.29. The van der Waals surface area contributed by atoms with Gasteiger partial charge in [0.05, 0.1) is 19.2 Å². The maximum Gasteiger partial charge on any atom is 0.245 e. The van der Waals surface area contributed by atoms with Crippen molar-refractivity contribution in [1.82, 2.24) is 127 Å². The second kappa shape index (κ2) is 62.0. The van der Waals surface area contributed by atoms with Crippen LogP contribution in [0.2, 0.25) is 0 Å². The molecule has 4 aliphatic rings. The number of benzene rings is 2. The van der Waals surface area contributed by atoms with E-state index in [-0.39, 0.29) is 110 Å². The summed E-state index contributed by atoms with van der Waals surface area (Å²) in [5.74, 6) is -26.0. The minimum absolute atomic E-state index is 0.00220. The van der Waals surface area contributed by atoms with Gasteiger partial charge in [-0.25, -0.2) is 0 Å². The Balaban J connectivity index is 1.48. The number of rotatable bonds is 28. The van der Waals surface area contributed by atoms with Gasteiger partial charge in [0, 0.05) is 97.2 Å². The number of aromatic nitrogens is 1. The number of aliphatic hydroxyl groups is 1. The van der Waals surface area contributed by atoms with Gasteiger partial charge in [0.2, 0.25) is 106 Å². The van der Waals surface area contributed by atoms with Gasteiger partial charge in [-0.2, -0.15) is 0 Å². The topological polar surface area (TPSA) is 869 Å². The number of H-pyrrole nitrogens is 1. The average molecular weight is 2150 g/mol. The lowest BCUT2D eigenvalue weighted by Gasteiger charge is -2.30. The van der Waals surface area contributed by atoms with Gasteiger partial charge in [0.1, 0.15) is 96.7 Å². The van der Waals surface area contributed by atoms with Gasteiger partial charge in [0.15, 0.2) is 29.8 Å². The predicted octanol–water partition coefficient (Wildman–Crippen LogP) is -8.46. The fourth-order valence-corrected chi connectivity index (χ4v) is 22.0. The Hall–Kier alpha value is -13.1. The van der Waals surface area contributed by atoms with Gasteiger partial charge < -0.3 is 161 Å². The molecule has 146 heavy (non-hydrogen) atoms. The minimum atomic E-state index is -1.97. The molecule has 3 aromatic rings. The molecule has 18 amide bonds. The normalized spacial score (nSPS) is 25.3. The summed E-state index contributed by atoms with van der Waals surface area (Å²) in [6.45, 7) is 5.59. The number of aromatic amines is 1. The molecular weight excluding hydrogens is 2020 g/mol. The van der Waals surface area contributed by atoms with Crippen LogP contribution in [0.4, 0.5) is 0 Å². The number of aliphatic hydroxyl groups excluding tert-OH is 1. The molecule has 6 bridgehead atoms. The molecular formula is C87H136N34O19S6. The molecule has 7 rings (SSSR count). The number of carbonyl (C=O) groups excluding carboxylic acids is 18. The van der Waals surface area contributed by atoms with Crippen LogP contribution in [0.5, 0.6) is 0 Å². The summed E-state index contributed by atoms with van der Waals surface area (Å²) in [7, 11) is 4.78. The third kappa shape index (κ3) is 42.1. The lowest BCUT2D eigenvalue weighted by atomic mass is 10.0. The first-order valence-electron chi connectivity index (χ1n) is 47.2. The van der Waals surface area contributed by atoms with E-state index >= 15 is 52.7 Å². The fraction of sp³-hybridized carbons (Fsp3) is 0.575. The van der Waals surface area contributed by atoms with Crippen LogP contribution in [0, 0.1) is 38.9 Å². The van der Waals surface area contributed by atoms with E-state index in [9.17, 15) is 38.7 Å². The summed E-state index contributed by atoms with van der Waals surface area (Å²) in [6, 6.07) is -12.5. The zero-order valence-corrected chi connectivity index (χ0v) is 86.2. The Kier molecular flexibility index (Phi) is 50.9. The molecule has 2 aromatic carbocycles. The Bertz CT molecular complexity index is 5090. The molecule has 17 atom stereocenters. The molecule has 0 aliphatic carbocycles. The number of fused-ring (bicyclic) bond motifs is 16. The number of carbonyl (C=O) groups is 18. The van der Waals surface area contributed by atoms with Gasteiger partial charge in [-0.15, -0.1) is 0 Å². The van der Waals surface area contributed by atoms with E-state index in [1.54, 1.807) is 82.3 Å². The molecule has 0 unspecified atom stereocenters. The highest BCUT2D eigenvalue weighted by Gasteiger charge is 2.42. The number of hydrogen-bond acceptors (Lipinski definition) is 30. The van der Waals surface area contributed by atoms with Gasteiger partial charge in [-0.05, 0) is 107 Å². The maximum absolute atomic E-state index is 16.0. The van der Waals surface area contributed by atoms with Crippen LogP contribution in [0.15, 0.2) is 60.8 Å². The first-order valence-corrected chi connectivity index (χ1v) is 54.7. The van der Waals surface area contributed by atoms with E-state index in [0.29, 0.717) is 22.0 Å². The zero-order chi connectivity index (χ0) is 107. The second-order valence-corrected chi connectivity index (χ2v) is 43.0. The number of hydrogen-bond donors (Lipinski definition) is 35. The molecule has 0 saturated carbocycles. The van der Waals surface area contributed by atoms with E-state index in [1.807, 2.05) is 0 Å². The number of nitrogens with one attached hydrogen (secondary N) is 29. The van der Waals surface area contributed by atoms with Crippen LogP contribution in [0.1, 0.15) is 116 Å². The predicted molar refractivity (Wildman–Crippen MR) is 556 cm³/mol. The first-order chi connectivity index (χ1) is 69.4. The van der Waals surface area contributed by atoms with Crippen molar-refractivity contribution in [3.63, 3.8) is 0 Å². The Morgan fingerprint density at radius 1 is 0.329 bits per heavy atom. The number of amides is 18. The first kappa shape index (κ1) is 120. The molecule has 59 heteroatoms. The van der Waals surface area contributed by atoms with E-state index in [4.69, 9.17) is 55.7 Å². The highest BCUT2D eigenvalue weighted by molar-refractivity contribution is 8.77. The van der Waals surface area contributed by atoms with Crippen molar-refractivity contribution in [2.24, 2.45) is 40.5 Å². The molecule has 4 aliphatic heterocycles. The van der Waals surface area contributed by atoms with Crippen molar-refractivity contribution in [3.8, 4) is 0 Å². The summed E-state index contributed by atoms with van der Waals surface area (Å²) in [6.07, 6.45) is -2.71. The summed E-state index contributed by atoms with van der Waals surface area (Å²) >= 11 is 0. The molecule has 40 N–H and O–H groups in total. The molecule has 0 radical (unpaired) electrons. The van der Waals surface area contributed by atoms with Crippen molar-refractivity contribution >= 4 is 212 Å². The highest BCUT2D eigenvalue weighted by atomic mass is 33.1. The number of para-hydroxylation sites is 1. The van der Waals surface area contributed by atoms with Gasteiger partial charge >= 0.3 is 0 Å². The second-order valence-electron chi connectivity index (χ2n) is 35.4. The van der Waals surface area contributed by atoms with E-state index < -0.39 is 305 Å². The van der Waals surface area contributed by atoms with Gasteiger partial charge in [0.25, 0.3) is 0 Å². The number of guanidine groups is 5. The van der Waals surface area contributed by atoms with Crippen LogP contribution in [-0.4, -0.2) is 329 Å². The third-order valence-electron chi connectivity index (χ3n) is 22.7. The molecule has 804 valence electrons. The number of nitrogens with two attached hydrogens (primary N) is 5.